The van der Waals surface area contributed by atoms with Crippen LogP contribution in [0.5, 0.6) is 0 Å². The minimum atomic E-state index is -2.84. The van der Waals surface area contributed by atoms with Gasteiger partial charge in [0.05, 0.1) is 52.9 Å². The van der Waals surface area contributed by atoms with E-state index in [0.717, 1.165) is 57.0 Å². The normalized spacial score (nSPS) is 28.0. The Morgan fingerprint density at radius 1 is 0.514 bits per heavy atom. The summed E-state index contributed by atoms with van der Waals surface area (Å²) < 4.78 is 109. The van der Waals surface area contributed by atoms with Crippen molar-refractivity contribution >= 4 is 23.9 Å². The molecule has 0 aromatic heterocycles. The van der Waals surface area contributed by atoms with Crippen molar-refractivity contribution in [3.63, 3.8) is 0 Å². The maximum absolute atomic E-state index is 14.3. The Labute approximate surface area is 632 Å². The molecule has 0 bridgehead atoms. The summed E-state index contributed by atoms with van der Waals surface area (Å²) in [4.78, 5) is 56.5. The van der Waals surface area contributed by atoms with Gasteiger partial charge in [-0.15, -0.1) is 0 Å². The smallest absolute Gasteiger partial charge is 0.407 e. The molecule has 5 aliphatic heterocycles. The average molecular weight is 1490 g/mol. The highest BCUT2D eigenvalue weighted by molar-refractivity contribution is 5.82. The molecule has 24 nitrogen and oxygen atoms in total. The van der Waals surface area contributed by atoms with Crippen molar-refractivity contribution in [1.29, 1.82) is 0 Å². The zero-order chi connectivity index (χ0) is 75.1. The van der Waals surface area contributed by atoms with Crippen molar-refractivity contribution in [3.05, 3.63) is 288 Å². The molecule has 8 aromatic carbocycles. The highest BCUT2D eigenvalue weighted by Gasteiger charge is 2.64. The Hall–Kier alpha value is -9.42. The highest BCUT2D eigenvalue weighted by atomic mass is 16.8. The first-order valence-corrected chi connectivity index (χ1v) is 36.6. The van der Waals surface area contributed by atoms with Crippen LogP contribution in [0.15, 0.2) is 243 Å². The lowest BCUT2D eigenvalue weighted by molar-refractivity contribution is -0.420. The van der Waals surface area contributed by atoms with E-state index in [2.05, 4.69) is 22.5 Å². The van der Waals surface area contributed by atoms with Gasteiger partial charge < -0.3 is 96.8 Å². The average Bonchev–Trinajstić information content (AvgIpc) is 1.38. The van der Waals surface area contributed by atoms with Gasteiger partial charge in [0.25, 0.3) is 0 Å². The minimum absolute atomic E-state index is 0.0341. The molecule has 4 N–H and O–H groups in total. The lowest BCUT2D eigenvalue weighted by Crippen LogP contribution is -2.77. The van der Waals surface area contributed by atoms with Gasteiger partial charge in [0.1, 0.15) is 80.3 Å². The van der Waals surface area contributed by atoms with Gasteiger partial charge in [0, 0.05) is 30.9 Å². The monoisotopic (exact) mass is 1490 g/mol. The van der Waals surface area contributed by atoms with Crippen LogP contribution >= 0.6 is 0 Å². The van der Waals surface area contributed by atoms with Crippen LogP contribution in [0, 0.1) is 0 Å². The number of benzene rings is 8. The van der Waals surface area contributed by atoms with E-state index in [1.54, 1.807) is 24.3 Å². The van der Waals surface area contributed by atoms with Crippen molar-refractivity contribution in [2.45, 2.75) is 156 Å². The van der Waals surface area contributed by atoms with Crippen molar-refractivity contribution in [1.82, 2.24) is 16.0 Å². The maximum Gasteiger partial charge on any atom is 0.407 e. The molecule has 0 radical (unpaired) electrons. The van der Waals surface area contributed by atoms with Gasteiger partial charge in [0.15, 0.2) is 31.2 Å². The number of ether oxygens (including phenoxy) is 16. The van der Waals surface area contributed by atoms with Crippen LogP contribution in [-0.2, 0) is 117 Å². The fourth-order valence-electron chi connectivity index (χ4n) is 14.7. The lowest BCUT2D eigenvalue weighted by atomic mass is 9.90. The second-order valence-corrected chi connectivity index (χ2v) is 27.4. The van der Waals surface area contributed by atoms with Gasteiger partial charge in [-0.25, -0.2) is 9.59 Å². The number of fused-ring (bicyclic) bond motifs is 5. The molecule has 5 heterocycles. The lowest BCUT2D eigenvalue weighted by Gasteiger charge is -2.55. The van der Waals surface area contributed by atoms with Crippen LogP contribution < -0.4 is 16.0 Å². The van der Waals surface area contributed by atoms with Crippen molar-refractivity contribution < 1.29 is 100 Å². The number of hydrogen-bond acceptors (Lipinski definition) is 21. The Morgan fingerprint density at radius 3 is 1.55 bits per heavy atom. The molecule has 8 aromatic rings. The number of carbonyl (C=O) groups is 4. The summed E-state index contributed by atoms with van der Waals surface area (Å²) in [7, 11) is 0. The predicted octanol–water partition coefficient (Wildman–Crippen LogP) is 10.1. The van der Waals surface area contributed by atoms with Crippen molar-refractivity contribution in [2.75, 3.05) is 39.6 Å². The molecule has 0 saturated carbocycles. The van der Waals surface area contributed by atoms with E-state index in [0.29, 0.717) is 5.56 Å². The molecule has 18 atom stereocenters. The molecule has 6 aliphatic rings. The summed E-state index contributed by atoms with van der Waals surface area (Å²) in [6, 6.07) is 69.5. The quantitative estimate of drug-likeness (QED) is 0.0185. The fraction of sp³-hybridized carbons (Fsp3) is 0.365. The van der Waals surface area contributed by atoms with Gasteiger partial charge in [0.2, 0.25) is 23.8 Å². The third-order valence-electron chi connectivity index (χ3n) is 19.8. The molecule has 5 saturated heterocycles. The number of rotatable bonds is 30. The van der Waals surface area contributed by atoms with Gasteiger partial charge >= 0.3 is 12.1 Å². The third-order valence-corrected chi connectivity index (χ3v) is 19.8. The second-order valence-electron chi connectivity index (χ2n) is 27.4. The molecule has 14 rings (SSSR count). The topological polar surface area (TPSA) is 272 Å². The largest absolute Gasteiger partial charge is 0.460 e. The number of amides is 3. The number of esters is 1. The predicted molar refractivity (Wildman–Crippen MR) is 392 cm³/mol. The molecule has 24 heteroatoms. The molecule has 2 unspecified atom stereocenters. The van der Waals surface area contributed by atoms with E-state index in [-0.39, 0.29) is 65.4 Å². The second kappa shape index (κ2) is 36.4. The van der Waals surface area contributed by atoms with E-state index >= 15 is 0 Å². The third kappa shape index (κ3) is 18.6. The zero-order valence-corrected chi connectivity index (χ0v) is 60.3. The minimum Gasteiger partial charge on any atom is -0.460 e. The molecule has 109 heavy (non-hydrogen) atoms. The van der Waals surface area contributed by atoms with Crippen LogP contribution in [0.1, 0.15) is 76.9 Å². The Morgan fingerprint density at radius 2 is 1.01 bits per heavy atom. The summed E-state index contributed by atoms with van der Waals surface area (Å²) in [5.41, 5.74) is 5.73. The van der Waals surface area contributed by atoms with Crippen molar-refractivity contribution in [2.24, 2.45) is 0 Å². The number of hydrogen-bond donors (Lipinski definition) is 4. The van der Waals surface area contributed by atoms with Gasteiger partial charge in [-0.05, 0) is 44.5 Å². The maximum atomic E-state index is 14.3. The van der Waals surface area contributed by atoms with Crippen LogP contribution in [0.4, 0.5) is 4.79 Å². The van der Waals surface area contributed by atoms with Gasteiger partial charge in [-0.1, -0.05) is 243 Å². The Balaban J connectivity index is 0.826. The summed E-state index contributed by atoms with van der Waals surface area (Å²) in [6.45, 7) is 4.82. The number of aliphatic hydroxyl groups is 1. The molecule has 0 spiro atoms. The number of carbonyl (C=O) groups excluding carboxylic acids is 4. The molecular weight excluding hydrogens is 1400 g/mol. The first-order valence-electron chi connectivity index (χ1n) is 36.6. The summed E-state index contributed by atoms with van der Waals surface area (Å²) in [6.07, 6.45) is -18.5. The number of nitrogens with one attached hydrogen (secondary N) is 3. The number of alkyl carbamates (subject to hydrolysis) is 1. The van der Waals surface area contributed by atoms with E-state index in [1.807, 2.05) is 206 Å². The van der Waals surface area contributed by atoms with Crippen LogP contribution in [0.2, 0.25) is 0 Å². The summed E-state index contributed by atoms with van der Waals surface area (Å²) in [5.74, 6) is -2.68. The van der Waals surface area contributed by atoms with Gasteiger partial charge in [-0.2, -0.15) is 0 Å². The molecule has 5 fully saturated rings. The highest BCUT2D eigenvalue weighted by Crippen LogP contribution is 2.46. The van der Waals surface area contributed by atoms with Crippen molar-refractivity contribution in [3.8, 4) is 11.1 Å². The first-order chi connectivity index (χ1) is 53.3. The van der Waals surface area contributed by atoms with E-state index in [4.69, 9.17) is 75.8 Å². The zero-order valence-electron chi connectivity index (χ0n) is 60.3. The standard InChI is InChI=1S/C85H89N3O21/c1-4-43-95-78(91)66(87-84(92)102-48-65-63-41-25-23-39-61(63)62-40-24-26-42-64(62)65)49-101-83-85(93,88-54(3)90)77(73-69(105-83)52-100-80(108-73)60-37-21-10-22-38-60)109-81-70(86-53(2)89)74(96-45-56-29-13-6-14-30-56)71(67(103-81)50-94-44-55-27-11-5-12-28-55)107-82-76(98-47-58-33-17-8-18-34-58)75(97-46-57-31-15-7-16-32-57)72-68(104-82)51-99-79(106-72)59-35-19-9-20-36-59/h4-42,65-77,79-83,93H,1,43-52H2,2-3H3,(H,86,89)(H,87,92)(H,88,90)/t66-,67+,68+,69+,70+,71+,72-,73-,74+,75-,76+,77-,79?,80?,81-,82-,83-,85+/m0/s1. The van der Waals surface area contributed by atoms with E-state index in [9.17, 15) is 24.3 Å². The first kappa shape index (κ1) is 76.4. The molecule has 1 aliphatic carbocycles. The van der Waals surface area contributed by atoms with Crippen LogP contribution in [0.3, 0.4) is 0 Å². The van der Waals surface area contributed by atoms with E-state index in [1.165, 1.54) is 13.0 Å². The summed E-state index contributed by atoms with van der Waals surface area (Å²) >= 11 is 0. The molecular formula is C85H89N3O21. The van der Waals surface area contributed by atoms with E-state index < -0.39 is 141 Å². The van der Waals surface area contributed by atoms with Crippen LogP contribution in [-0.4, -0.2) is 166 Å². The molecule has 3 amide bonds. The summed E-state index contributed by atoms with van der Waals surface area (Å²) in [5, 5.41) is 22.2. The fourth-order valence-corrected chi connectivity index (χ4v) is 14.7. The van der Waals surface area contributed by atoms with Crippen LogP contribution in [0.25, 0.3) is 11.1 Å². The Kier molecular flexibility index (Phi) is 25.5. The molecule has 570 valence electrons. The SMILES string of the molecule is C=CCOC(=O)[C@H](CO[C@H]1O[C@@H]2COC(c3ccccc3)O[C@@H]2[C@H](O[C@@H]2O[C@H](COCc3ccccc3)[C@@H](O[C@@H]3O[C@@H]4COC(c5ccccc5)O[C@@H]4[C@H](OCc4ccccc4)[C@H]3OCc3ccccc3)[C@H](OCc3ccccc3)[C@H]2NC(C)=O)[C@]1(O)NC(C)=O)NC(=O)OCC1c2ccccc2-c2ccccc21. The van der Waals surface area contributed by atoms with Gasteiger partial charge in [-0.3, -0.25) is 9.59 Å². The Bertz CT molecular complexity index is 4230.